The van der Waals surface area contributed by atoms with Crippen molar-refractivity contribution in [2.45, 2.75) is 19.4 Å². The zero-order valence-electron chi connectivity index (χ0n) is 10.3. The fraction of sp³-hybridized carbons (Fsp3) is 0.417. The van der Waals surface area contributed by atoms with Crippen molar-refractivity contribution in [3.63, 3.8) is 0 Å². The van der Waals surface area contributed by atoms with E-state index in [0.717, 1.165) is 27.9 Å². The minimum atomic E-state index is 0.0439. The Morgan fingerprint density at radius 3 is 2.72 bits per heavy atom. The molecule has 1 unspecified atom stereocenters. The molecule has 0 radical (unpaired) electrons. The molecule has 0 aliphatic heterocycles. The lowest BCUT2D eigenvalue weighted by Gasteiger charge is -2.18. The van der Waals surface area contributed by atoms with Crippen molar-refractivity contribution < 1.29 is 0 Å². The Morgan fingerprint density at radius 2 is 2.22 bits per heavy atom. The smallest absolute Gasteiger partial charge is 0.0931 e. The number of hydrogen-bond donors (Lipinski definition) is 1. The maximum Gasteiger partial charge on any atom is 0.0931 e. The number of aromatic nitrogens is 2. The summed E-state index contributed by atoms with van der Waals surface area (Å²) in [5.41, 5.74) is 0.976. The highest BCUT2D eigenvalue weighted by molar-refractivity contribution is 7.16. The fourth-order valence-corrected chi connectivity index (χ4v) is 3.26. The van der Waals surface area contributed by atoms with E-state index in [9.17, 15) is 0 Å². The second-order valence-electron chi connectivity index (χ2n) is 4.03. The predicted octanol–water partition coefficient (Wildman–Crippen LogP) is 3.88. The van der Waals surface area contributed by atoms with Gasteiger partial charge in [0.1, 0.15) is 0 Å². The Kier molecular flexibility index (Phi) is 4.67. The fourth-order valence-electron chi connectivity index (χ4n) is 1.85. The molecule has 6 heteroatoms. The number of aryl methyl sites for hydroxylation is 1. The maximum atomic E-state index is 6.22. The summed E-state index contributed by atoms with van der Waals surface area (Å²) in [6.45, 7) is 3.05. The molecule has 1 N–H and O–H groups in total. The number of hydrogen-bond acceptors (Lipinski definition) is 3. The molecule has 3 nitrogen and oxygen atoms in total. The standard InChI is InChI=1S/C12H15Cl2N3S/c1-3-6-15-11(9-4-5-10(14)18-9)12-8(13)7-16-17(12)2/h4-5,7,11,15H,3,6H2,1-2H3. The second-order valence-corrected chi connectivity index (χ2v) is 6.18. The van der Waals surface area contributed by atoms with Crippen molar-refractivity contribution in [1.29, 1.82) is 0 Å². The van der Waals surface area contributed by atoms with E-state index >= 15 is 0 Å². The summed E-state index contributed by atoms with van der Waals surface area (Å²) in [5, 5.41) is 8.36. The number of halogens is 2. The van der Waals surface area contributed by atoms with Crippen LogP contribution in [-0.2, 0) is 7.05 Å². The molecule has 2 heterocycles. The lowest BCUT2D eigenvalue weighted by Crippen LogP contribution is -2.24. The van der Waals surface area contributed by atoms with Crippen molar-refractivity contribution >= 4 is 34.5 Å². The van der Waals surface area contributed by atoms with Crippen LogP contribution in [-0.4, -0.2) is 16.3 Å². The third kappa shape index (κ3) is 2.88. The van der Waals surface area contributed by atoms with Gasteiger partial charge in [-0.3, -0.25) is 4.68 Å². The first-order chi connectivity index (χ1) is 8.63. The Labute approximate surface area is 121 Å². The second kappa shape index (κ2) is 6.06. The largest absolute Gasteiger partial charge is 0.304 e. The number of nitrogens with one attached hydrogen (secondary N) is 1. The Balaban J connectivity index is 2.36. The van der Waals surface area contributed by atoms with Crippen LogP contribution in [0.5, 0.6) is 0 Å². The Bertz CT molecular complexity index is 502. The van der Waals surface area contributed by atoms with Gasteiger partial charge in [-0.1, -0.05) is 30.1 Å². The molecule has 0 saturated heterocycles. The molecule has 0 aliphatic carbocycles. The van der Waals surface area contributed by atoms with E-state index in [1.807, 2.05) is 23.9 Å². The molecule has 0 aliphatic rings. The van der Waals surface area contributed by atoms with Gasteiger partial charge >= 0.3 is 0 Å². The monoisotopic (exact) mass is 303 g/mol. The van der Waals surface area contributed by atoms with Crippen molar-refractivity contribution in [3.8, 4) is 0 Å². The molecule has 2 aromatic heterocycles. The average Bonchev–Trinajstić information content (AvgIpc) is 2.90. The third-order valence-electron chi connectivity index (χ3n) is 2.69. The van der Waals surface area contributed by atoms with Gasteiger partial charge in [0.05, 0.1) is 27.3 Å². The van der Waals surface area contributed by atoms with Gasteiger partial charge in [-0.2, -0.15) is 5.10 Å². The molecule has 98 valence electrons. The van der Waals surface area contributed by atoms with E-state index < -0.39 is 0 Å². The first-order valence-corrected chi connectivity index (χ1v) is 7.36. The van der Waals surface area contributed by atoms with Gasteiger partial charge in [-0.25, -0.2) is 0 Å². The highest BCUT2D eigenvalue weighted by Crippen LogP contribution is 2.33. The number of nitrogens with zero attached hydrogens (tertiary/aromatic N) is 2. The van der Waals surface area contributed by atoms with Gasteiger partial charge in [0.2, 0.25) is 0 Å². The normalized spacial score (nSPS) is 12.9. The molecule has 0 aromatic carbocycles. The van der Waals surface area contributed by atoms with Crippen LogP contribution in [0.15, 0.2) is 18.3 Å². The first kappa shape index (κ1) is 13.9. The molecule has 0 bridgehead atoms. The Morgan fingerprint density at radius 1 is 1.44 bits per heavy atom. The summed E-state index contributed by atoms with van der Waals surface area (Å²) < 4.78 is 2.59. The number of thiophene rings is 1. The molecule has 0 amide bonds. The summed E-state index contributed by atoms with van der Waals surface area (Å²) in [5.74, 6) is 0. The highest BCUT2D eigenvalue weighted by atomic mass is 35.5. The average molecular weight is 304 g/mol. The van der Waals surface area contributed by atoms with Gasteiger partial charge in [0.25, 0.3) is 0 Å². The van der Waals surface area contributed by atoms with Crippen LogP contribution in [0.3, 0.4) is 0 Å². The van der Waals surface area contributed by atoms with Gasteiger partial charge in [-0.05, 0) is 25.1 Å². The van der Waals surface area contributed by atoms with Crippen LogP contribution in [0.2, 0.25) is 9.36 Å². The van der Waals surface area contributed by atoms with Gasteiger partial charge in [0.15, 0.2) is 0 Å². The quantitative estimate of drug-likeness (QED) is 0.908. The molecule has 1 atom stereocenters. The van der Waals surface area contributed by atoms with Crippen LogP contribution < -0.4 is 5.32 Å². The molecule has 2 aromatic rings. The first-order valence-electron chi connectivity index (χ1n) is 5.79. The Hall–Kier alpha value is -0.550. The minimum Gasteiger partial charge on any atom is -0.304 e. The summed E-state index contributed by atoms with van der Waals surface area (Å²) in [4.78, 5) is 1.15. The van der Waals surface area contributed by atoms with Crippen LogP contribution in [0.4, 0.5) is 0 Å². The van der Waals surface area contributed by atoms with Crippen LogP contribution in [0.1, 0.15) is 30.0 Å². The summed E-state index contributed by atoms with van der Waals surface area (Å²) >= 11 is 13.8. The van der Waals surface area contributed by atoms with Crippen LogP contribution >= 0.6 is 34.5 Å². The molecule has 18 heavy (non-hydrogen) atoms. The lowest BCUT2D eigenvalue weighted by molar-refractivity contribution is 0.560. The van der Waals surface area contributed by atoms with E-state index in [1.54, 1.807) is 17.5 Å². The SMILES string of the molecule is CCCNC(c1ccc(Cl)s1)c1c(Cl)cnn1C. The van der Waals surface area contributed by atoms with Crippen LogP contribution in [0, 0.1) is 0 Å². The summed E-state index contributed by atoms with van der Waals surface area (Å²) in [7, 11) is 1.90. The van der Waals surface area contributed by atoms with Gasteiger partial charge < -0.3 is 5.32 Å². The summed E-state index contributed by atoms with van der Waals surface area (Å²) in [6.07, 6.45) is 2.73. The molecule has 0 spiro atoms. The summed E-state index contributed by atoms with van der Waals surface area (Å²) in [6, 6.07) is 3.98. The van der Waals surface area contributed by atoms with Gasteiger partial charge in [-0.15, -0.1) is 11.3 Å². The van der Waals surface area contributed by atoms with E-state index in [-0.39, 0.29) is 6.04 Å². The van der Waals surface area contributed by atoms with Crippen molar-refractivity contribution in [3.05, 3.63) is 38.3 Å². The van der Waals surface area contributed by atoms with Gasteiger partial charge in [0, 0.05) is 11.9 Å². The topological polar surface area (TPSA) is 29.9 Å². The highest BCUT2D eigenvalue weighted by Gasteiger charge is 2.21. The van der Waals surface area contributed by atoms with Crippen molar-refractivity contribution in [2.75, 3.05) is 6.54 Å². The van der Waals surface area contributed by atoms with Crippen molar-refractivity contribution in [1.82, 2.24) is 15.1 Å². The zero-order chi connectivity index (χ0) is 13.1. The predicted molar refractivity (Wildman–Crippen MR) is 77.7 cm³/mol. The minimum absolute atomic E-state index is 0.0439. The van der Waals surface area contributed by atoms with E-state index in [0.29, 0.717) is 5.02 Å². The molecule has 0 fully saturated rings. The zero-order valence-corrected chi connectivity index (χ0v) is 12.6. The van der Waals surface area contributed by atoms with E-state index in [4.69, 9.17) is 23.2 Å². The molecule has 2 rings (SSSR count). The van der Waals surface area contributed by atoms with Crippen molar-refractivity contribution in [2.24, 2.45) is 7.05 Å². The molecular formula is C12H15Cl2N3S. The third-order valence-corrected chi connectivity index (χ3v) is 4.28. The molecule has 0 saturated carbocycles. The lowest BCUT2D eigenvalue weighted by atomic mass is 10.1. The molecular weight excluding hydrogens is 289 g/mol. The van der Waals surface area contributed by atoms with E-state index in [2.05, 4.69) is 17.3 Å². The number of rotatable bonds is 5. The van der Waals surface area contributed by atoms with E-state index in [1.165, 1.54) is 0 Å². The van der Waals surface area contributed by atoms with Crippen LogP contribution in [0.25, 0.3) is 0 Å². The maximum absolute atomic E-state index is 6.22.